The van der Waals surface area contributed by atoms with Crippen LogP contribution in [0.15, 0.2) is 102 Å². The van der Waals surface area contributed by atoms with Crippen LogP contribution in [0.1, 0.15) is 32.5 Å². The van der Waals surface area contributed by atoms with Crippen LogP contribution in [0, 0.1) is 0 Å². The Kier molecular flexibility index (Phi) is 6.23. The summed E-state index contributed by atoms with van der Waals surface area (Å²) in [7, 11) is 0. The number of Topliss-reactive ketones (excluding diaryl/α,β-unsaturated/α-hetero) is 1. The second-order valence-electron chi connectivity index (χ2n) is 8.66. The molecule has 1 atom stereocenters. The zero-order chi connectivity index (χ0) is 24.4. The predicted octanol–water partition coefficient (Wildman–Crippen LogP) is 6.61. The number of carbonyl (C=O) groups is 1. The van der Waals surface area contributed by atoms with Gasteiger partial charge in [-0.15, -0.1) is 5.10 Å². The molecule has 1 unspecified atom stereocenters. The van der Waals surface area contributed by atoms with Gasteiger partial charge in [0, 0.05) is 37.0 Å². The van der Waals surface area contributed by atoms with Crippen molar-refractivity contribution in [2.45, 2.75) is 26.9 Å². The summed E-state index contributed by atoms with van der Waals surface area (Å²) in [6, 6.07) is 33.2. The van der Waals surface area contributed by atoms with Crippen LogP contribution in [0.25, 0.3) is 10.8 Å². The van der Waals surface area contributed by atoms with E-state index >= 15 is 0 Å². The van der Waals surface area contributed by atoms with Gasteiger partial charge in [0.05, 0.1) is 5.69 Å². The Morgan fingerprint density at radius 1 is 0.800 bits per heavy atom. The number of carbonyl (C=O) groups excluding carboxylic acids is 1. The molecule has 1 aliphatic rings. The van der Waals surface area contributed by atoms with Crippen LogP contribution < -0.4 is 14.8 Å². The van der Waals surface area contributed by atoms with Gasteiger partial charge < -0.3 is 4.90 Å². The first-order valence-electron chi connectivity index (χ1n) is 12.2. The molecule has 0 saturated carbocycles. The molecule has 35 heavy (non-hydrogen) atoms. The van der Waals surface area contributed by atoms with Crippen molar-refractivity contribution in [2.24, 2.45) is 5.10 Å². The Morgan fingerprint density at radius 3 is 2.14 bits per heavy atom. The molecule has 0 amide bonds. The van der Waals surface area contributed by atoms with Crippen molar-refractivity contribution in [3.8, 4) is 0 Å². The Bertz CT molecular complexity index is 1360. The average Bonchev–Trinajstić information content (AvgIpc) is 3.31. The van der Waals surface area contributed by atoms with Crippen molar-refractivity contribution in [3.63, 3.8) is 0 Å². The van der Waals surface area contributed by atoms with Crippen molar-refractivity contribution >= 4 is 39.5 Å². The summed E-state index contributed by atoms with van der Waals surface area (Å²) in [6.07, 6.45) is -0.304. The van der Waals surface area contributed by atoms with E-state index in [2.05, 4.69) is 90.4 Å². The molecule has 5 rings (SSSR count). The van der Waals surface area contributed by atoms with E-state index in [1.165, 1.54) is 5.69 Å². The molecular formula is C30H30N4O. The Labute approximate surface area is 206 Å². The van der Waals surface area contributed by atoms with Crippen LogP contribution in [0.3, 0.4) is 0 Å². The maximum absolute atomic E-state index is 12.9. The van der Waals surface area contributed by atoms with E-state index in [9.17, 15) is 4.79 Å². The minimum absolute atomic E-state index is 0.0681. The minimum atomic E-state index is -0.304. The molecule has 5 heteroatoms. The van der Waals surface area contributed by atoms with Crippen LogP contribution in [0.5, 0.6) is 0 Å². The highest BCUT2D eigenvalue weighted by Crippen LogP contribution is 2.41. The van der Waals surface area contributed by atoms with Gasteiger partial charge >= 0.3 is 0 Å². The number of anilines is 3. The summed E-state index contributed by atoms with van der Waals surface area (Å²) in [5.74, 6) is 0.365. The molecular weight excluding hydrogens is 432 g/mol. The largest absolute Gasteiger partial charge is 0.372 e. The molecule has 4 aromatic carbocycles. The van der Waals surface area contributed by atoms with Crippen molar-refractivity contribution in [1.29, 1.82) is 0 Å². The van der Waals surface area contributed by atoms with Gasteiger partial charge in [-0.25, -0.2) is 5.01 Å². The number of hydrogen-bond acceptors (Lipinski definition) is 5. The summed E-state index contributed by atoms with van der Waals surface area (Å²) in [5.41, 5.74) is 4.14. The first-order valence-corrected chi connectivity index (χ1v) is 12.2. The number of hydrogen-bond donors (Lipinski definition) is 0. The highest BCUT2D eigenvalue weighted by molar-refractivity contribution is 6.44. The summed E-state index contributed by atoms with van der Waals surface area (Å²) >= 11 is 0. The molecule has 4 aromatic rings. The summed E-state index contributed by atoms with van der Waals surface area (Å²) in [5, 5.41) is 9.16. The Balaban J connectivity index is 1.69. The van der Waals surface area contributed by atoms with Crippen molar-refractivity contribution in [1.82, 2.24) is 0 Å². The van der Waals surface area contributed by atoms with E-state index < -0.39 is 0 Å². The number of benzene rings is 4. The number of fused-ring (bicyclic) bond motifs is 1. The van der Waals surface area contributed by atoms with Crippen LogP contribution >= 0.6 is 0 Å². The highest BCUT2D eigenvalue weighted by atomic mass is 16.1. The molecule has 0 aromatic heterocycles. The molecule has 0 bridgehead atoms. The van der Waals surface area contributed by atoms with Gasteiger partial charge in [-0.05, 0) is 61.0 Å². The van der Waals surface area contributed by atoms with E-state index in [0.717, 1.165) is 40.8 Å². The first kappa shape index (κ1) is 22.7. The number of amidine groups is 1. The van der Waals surface area contributed by atoms with Gasteiger partial charge in [0.2, 0.25) is 0 Å². The van der Waals surface area contributed by atoms with E-state index in [0.29, 0.717) is 5.84 Å². The highest BCUT2D eigenvalue weighted by Gasteiger charge is 2.39. The van der Waals surface area contributed by atoms with E-state index in [-0.39, 0.29) is 11.9 Å². The lowest BCUT2D eigenvalue weighted by Crippen LogP contribution is -2.38. The molecule has 0 aliphatic carbocycles. The molecule has 1 aliphatic heterocycles. The summed E-state index contributed by atoms with van der Waals surface area (Å²) in [4.78, 5) is 17.3. The van der Waals surface area contributed by atoms with Gasteiger partial charge in [0.15, 0.2) is 17.8 Å². The number of nitrogens with zero attached hydrogens (tertiary/aromatic N) is 4. The SMILES string of the molecule is CCN(CC)c1ccc(N2C(C(C)=O)=NN(c3ccccc3)C2c2cccc3ccccc23)cc1. The van der Waals surface area contributed by atoms with Crippen molar-refractivity contribution in [2.75, 3.05) is 27.9 Å². The third-order valence-electron chi connectivity index (χ3n) is 6.60. The monoisotopic (exact) mass is 462 g/mol. The molecule has 0 spiro atoms. The maximum Gasteiger partial charge on any atom is 0.198 e. The van der Waals surface area contributed by atoms with Crippen LogP contribution in [-0.4, -0.2) is 24.7 Å². The molecule has 0 fully saturated rings. The molecule has 0 radical (unpaired) electrons. The molecule has 176 valence electrons. The first-order chi connectivity index (χ1) is 17.1. The van der Waals surface area contributed by atoms with Gasteiger partial charge in [-0.3, -0.25) is 9.69 Å². The fourth-order valence-electron chi connectivity index (χ4n) is 4.87. The number of rotatable bonds is 7. The van der Waals surface area contributed by atoms with E-state index in [4.69, 9.17) is 5.10 Å². The van der Waals surface area contributed by atoms with E-state index in [1.54, 1.807) is 6.92 Å². The predicted molar refractivity (Wildman–Crippen MR) is 146 cm³/mol. The fraction of sp³-hybridized carbons (Fsp3) is 0.200. The number of hydrazone groups is 1. The average molecular weight is 463 g/mol. The third-order valence-corrected chi connectivity index (χ3v) is 6.60. The minimum Gasteiger partial charge on any atom is -0.372 e. The Morgan fingerprint density at radius 2 is 1.46 bits per heavy atom. The van der Waals surface area contributed by atoms with Crippen LogP contribution in [-0.2, 0) is 4.79 Å². The third kappa shape index (κ3) is 4.14. The standard InChI is InChI=1S/C30H30N4O/c1-4-32(5-2)24-18-20-25(21-19-24)33-29(22(3)35)31-34(26-14-7-6-8-15-26)30(33)28-17-11-13-23-12-9-10-16-27(23)28/h6-21,30H,4-5H2,1-3H3. The number of para-hydroxylation sites is 1. The molecule has 1 heterocycles. The Hall–Kier alpha value is -4.12. The van der Waals surface area contributed by atoms with Crippen LogP contribution in [0.2, 0.25) is 0 Å². The van der Waals surface area contributed by atoms with Crippen molar-refractivity contribution in [3.05, 3.63) is 103 Å². The molecule has 5 nitrogen and oxygen atoms in total. The van der Waals surface area contributed by atoms with Crippen molar-refractivity contribution < 1.29 is 4.79 Å². The summed E-state index contributed by atoms with van der Waals surface area (Å²) in [6.45, 7) is 7.80. The lowest BCUT2D eigenvalue weighted by atomic mass is 10.0. The second kappa shape index (κ2) is 9.63. The zero-order valence-electron chi connectivity index (χ0n) is 20.4. The lowest BCUT2D eigenvalue weighted by molar-refractivity contribution is -0.111. The fourth-order valence-corrected chi connectivity index (χ4v) is 4.87. The summed E-state index contributed by atoms with van der Waals surface area (Å²) < 4.78 is 0. The lowest BCUT2D eigenvalue weighted by Gasteiger charge is -2.33. The van der Waals surface area contributed by atoms with Crippen LogP contribution in [0.4, 0.5) is 17.1 Å². The van der Waals surface area contributed by atoms with Gasteiger partial charge in [-0.1, -0.05) is 60.7 Å². The topological polar surface area (TPSA) is 39.1 Å². The maximum atomic E-state index is 12.9. The van der Waals surface area contributed by atoms with Gasteiger partial charge in [-0.2, -0.15) is 0 Å². The smallest absolute Gasteiger partial charge is 0.198 e. The zero-order valence-corrected chi connectivity index (χ0v) is 20.4. The van der Waals surface area contributed by atoms with Gasteiger partial charge in [0.1, 0.15) is 0 Å². The van der Waals surface area contributed by atoms with Gasteiger partial charge in [0.25, 0.3) is 0 Å². The number of ketones is 1. The van der Waals surface area contributed by atoms with E-state index in [1.807, 2.05) is 35.3 Å². The molecule has 0 saturated heterocycles. The second-order valence-corrected chi connectivity index (χ2v) is 8.66. The normalized spacial score (nSPS) is 15.4. The quantitative estimate of drug-likeness (QED) is 0.310. The molecule has 0 N–H and O–H groups in total.